The van der Waals surface area contributed by atoms with E-state index in [0.29, 0.717) is 20.9 Å². The van der Waals surface area contributed by atoms with Crippen molar-refractivity contribution in [3.05, 3.63) is 253 Å². The fourth-order valence-corrected chi connectivity index (χ4v) is 34.1. The van der Waals surface area contributed by atoms with Gasteiger partial charge in [0.15, 0.2) is 0 Å². The van der Waals surface area contributed by atoms with Crippen molar-refractivity contribution in [3.8, 4) is 52.3 Å². The highest BCUT2D eigenvalue weighted by Crippen LogP contribution is 2.57. The predicted octanol–water partition coefficient (Wildman–Crippen LogP) is 42.9. The number of methoxy groups -OCH3 is 2. The monoisotopic (exact) mass is 2110 g/mol. The topological polar surface area (TPSA) is 71.1 Å². The first-order valence-corrected chi connectivity index (χ1v) is 55.5. The minimum Gasteiger partial charge on any atom is -0.495 e. The van der Waals surface area contributed by atoms with Gasteiger partial charge in [-0.1, -0.05) is 73.3 Å². The molecule has 24 heteroatoms. The Morgan fingerprint density at radius 2 is 0.519 bits per heavy atom. The Morgan fingerprint density at radius 3 is 0.835 bits per heavy atom. The number of hydrogen-bond acceptors (Lipinski definition) is 24. The standard InChI is InChI=1S/C18H22O2S2.C14H14O2S2.C14H12S3.C13H14S2.C12H8O2S2.C12H12S2.C10H8S3.C8H8S2.8CH4/c1-9(2)19-15-13-7-11(5)22-18(13)16(20-10(3)4)14-8-12(6)21-17(14)15;1-7-5-9-11(15-3)14-10(6-8(2)18-14)12(16-4)13(9)17-7;1-9-3-5-11(15-9)13-7-8-14(17-13)12-6-4-10(2)16-12;1-7-5-9-11(14-7)12-10(13(9,3)4)6-8(2)15-12;1-5-3-7-9(13)12-8(4-6(2)16-12)10(14)11(7)15-5;1-9-3-5-11(13-9)7-8-12-6-4-10(2)14-12;1-5-3-7-9(11-5)10-8(13-7)4-6(2)12-10;1-5-3-7-8(9-5)4-6(2)10-7;;;;;;;;/h7-10H,1-6H3;5-6H,1-4H3;3-8H,1-2H3;5-6H,1-4H3;3-4H,1-2H3;3-8H,1-2H3;3-4H,1-2H3;3-4H,1-2H3;8*1H4/b;;;;;8-7+;;;;;;;;;;. The fraction of sp³-hybridized carbons (Fsp3) is 0.321. The molecule has 710 valence electrons. The van der Waals surface area contributed by atoms with Gasteiger partial charge in [-0.15, -0.1) is 204 Å². The van der Waals surface area contributed by atoms with Crippen LogP contribution in [0.1, 0.15) is 230 Å². The van der Waals surface area contributed by atoms with Crippen LogP contribution < -0.4 is 18.9 Å². The number of fused-ring (bicyclic) bond motifs is 13. The molecule has 0 bridgehead atoms. The summed E-state index contributed by atoms with van der Waals surface area (Å²) in [4.78, 5) is 57.9. The first-order chi connectivity index (χ1) is 59.5. The van der Waals surface area contributed by atoms with Crippen LogP contribution in [0.2, 0.25) is 0 Å². The Bertz CT molecular complexity index is 6730. The van der Waals surface area contributed by atoms with Crippen molar-refractivity contribution < 1.29 is 28.5 Å². The molecule has 0 saturated heterocycles. The van der Waals surface area contributed by atoms with Gasteiger partial charge in [0.1, 0.15) is 23.0 Å². The molecule has 0 atom stereocenters. The van der Waals surface area contributed by atoms with Gasteiger partial charge < -0.3 is 18.9 Å². The zero-order valence-corrected chi connectivity index (χ0v) is 89.0. The van der Waals surface area contributed by atoms with Crippen LogP contribution in [0.15, 0.2) is 133 Å². The highest BCUT2D eigenvalue weighted by Gasteiger charge is 2.39. The van der Waals surface area contributed by atoms with E-state index in [9.17, 15) is 9.59 Å². The molecule has 0 aliphatic heterocycles. The molecule has 2 aromatic carbocycles. The van der Waals surface area contributed by atoms with Gasteiger partial charge in [0.25, 0.3) is 0 Å². The highest BCUT2D eigenvalue weighted by molar-refractivity contribution is 7.38. The molecule has 0 N–H and O–H groups in total. The zero-order valence-electron chi connectivity index (χ0n) is 74.3. The number of ether oxygens (including phenoxy) is 4. The normalized spacial score (nSPS) is 11.6. The third-order valence-electron chi connectivity index (χ3n) is 20.2. The lowest BCUT2D eigenvalue weighted by Gasteiger charge is -2.18. The second-order valence-electron chi connectivity index (χ2n) is 32.0. The first kappa shape index (κ1) is 113. The number of aryl methyl sites for hydroxylation is 16. The quantitative estimate of drug-likeness (QED) is 0.136. The number of thiophene rings is 18. The number of ketones is 2. The molecule has 2 aliphatic rings. The van der Waals surface area contributed by atoms with E-state index in [1.807, 2.05) is 162 Å². The van der Waals surface area contributed by atoms with Crippen LogP contribution in [0.4, 0.5) is 0 Å². The SMILES string of the molecule is C.C.C.C.C.C.C.C.COc1c2cc(C)sc2c(OC)c2cc(C)sc12.Cc1cc2c(OC(C)C)c3sc(C)cc3c(OC(C)C)c2s1.Cc1cc2c(s1)-c1sc(C)cc1C2(C)C.Cc1cc2c(s1)C(=O)c1cc(C)sc1C2=O.Cc1cc2sc(C)cc2s1.Cc1cc2sc3cc(C)sc3c2s1.Cc1ccc(-c2ccc(-c3ccc(C)s3)s2)s1.Cc1ccc(/C=C/c2ccc(C)s2)s1. The summed E-state index contributed by atoms with van der Waals surface area (Å²) in [5, 5.41) is 4.68. The van der Waals surface area contributed by atoms with Crippen LogP contribution in [-0.2, 0) is 5.41 Å². The molecule has 0 fully saturated rings. The fourth-order valence-electron chi connectivity index (χ4n) is 15.0. The van der Waals surface area contributed by atoms with Crippen molar-refractivity contribution in [1.82, 2.24) is 0 Å². The lowest BCUT2D eigenvalue weighted by atomic mass is 9.84. The van der Waals surface area contributed by atoms with Gasteiger partial charge in [-0.05, 0) is 295 Å². The largest absolute Gasteiger partial charge is 0.495 e. The first-order valence-electron chi connectivity index (χ1n) is 40.8. The van der Waals surface area contributed by atoms with E-state index < -0.39 is 0 Å². The summed E-state index contributed by atoms with van der Waals surface area (Å²) in [6.07, 6.45) is 4.68. The molecule has 18 aromatic heterocycles. The summed E-state index contributed by atoms with van der Waals surface area (Å²) in [7, 11) is 3.48. The maximum atomic E-state index is 12.1. The average Bonchev–Trinajstić information content (AvgIpc) is 1.57. The van der Waals surface area contributed by atoms with E-state index in [1.165, 1.54) is 199 Å². The molecule has 18 heterocycles. The number of rotatable bonds is 10. The summed E-state index contributed by atoms with van der Waals surface area (Å²) >= 11 is 32.6. The Hall–Kier alpha value is -6.86. The maximum absolute atomic E-state index is 12.1. The number of hydrogen-bond donors (Lipinski definition) is 0. The van der Waals surface area contributed by atoms with Crippen LogP contribution in [0.3, 0.4) is 0 Å². The minimum absolute atomic E-state index is 0. The third kappa shape index (κ3) is 25.1. The van der Waals surface area contributed by atoms with Crippen molar-refractivity contribution in [2.45, 2.75) is 229 Å². The second kappa shape index (κ2) is 47.7. The zero-order chi connectivity index (χ0) is 89.0. The van der Waals surface area contributed by atoms with E-state index >= 15 is 0 Å². The van der Waals surface area contributed by atoms with Crippen LogP contribution in [0, 0.1) is 111 Å². The number of benzene rings is 2. The second-order valence-corrected chi connectivity index (χ2v) is 54.5. The van der Waals surface area contributed by atoms with Crippen LogP contribution in [0.25, 0.3) is 110 Å². The highest BCUT2D eigenvalue weighted by atomic mass is 32.2. The van der Waals surface area contributed by atoms with Gasteiger partial charge in [-0.25, -0.2) is 0 Å². The number of carbonyl (C=O) groups excluding carboxylic acids is 2. The van der Waals surface area contributed by atoms with E-state index in [0.717, 1.165) is 43.5 Å². The van der Waals surface area contributed by atoms with Crippen molar-refractivity contribution in [1.29, 1.82) is 0 Å². The van der Waals surface area contributed by atoms with Gasteiger partial charge >= 0.3 is 0 Å². The van der Waals surface area contributed by atoms with Crippen molar-refractivity contribution in [2.24, 2.45) is 0 Å². The summed E-state index contributed by atoms with van der Waals surface area (Å²) in [6.45, 7) is 47.0. The molecule has 20 aromatic rings. The summed E-state index contributed by atoms with van der Waals surface area (Å²) in [5.41, 5.74) is 4.46. The number of carbonyl (C=O) groups is 2. The molecule has 0 spiro atoms. The van der Waals surface area contributed by atoms with E-state index in [2.05, 4.69) is 272 Å². The lowest BCUT2D eigenvalue weighted by Crippen LogP contribution is -2.15. The molecule has 6 nitrogen and oxygen atoms in total. The van der Waals surface area contributed by atoms with E-state index in [-0.39, 0.29) is 88.6 Å². The maximum Gasteiger partial charge on any atom is 0.205 e. The van der Waals surface area contributed by atoms with Crippen molar-refractivity contribution in [3.63, 3.8) is 0 Å². The molecule has 0 saturated carbocycles. The average molecular weight is 2110 g/mol. The van der Waals surface area contributed by atoms with Gasteiger partial charge in [0.05, 0.1) is 64.4 Å². The molecule has 0 radical (unpaired) electrons. The van der Waals surface area contributed by atoms with Crippen molar-refractivity contribution >= 4 is 296 Å². The van der Waals surface area contributed by atoms with E-state index in [1.54, 1.807) is 59.6 Å². The molecule has 133 heavy (non-hydrogen) atoms. The smallest absolute Gasteiger partial charge is 0.205 e. The van der Waals surface area contributed by atoms with Crippen LogP contribution in [-0.4, -0.2) is 38.0 Å². The predicted molar refractivity (Wildman–Crippen MR) is 627 cm³/mol. The molecule has 22 rings (SSSR count). The Labute approximate surface area is 864 Å². The summed E-state index contributed by atoms with van der Waals surface area (Å²) < 4.78 is 37.2. The molecule has 2 aliphatic carbocycles. The van der Waals surface area contributed by atoms with Gasteiger partial charge in [-0.3, -0.25) is 9.59 Å². The molecular weight excluding hydrogens is 1980 g/mol. The summed E-state index contributed by atoms with van der Waals surface area (Å²) in [5.74, 6) is 3.99. The molecule has 0 amide bonds. The van der Waals surface area contributed by atoms with Gasteiger partial charge in [0.2, 0.25) is 11.6 Å². The lowest BCUT2D eigenvalue weighted by molar-refractivity contribution is 0.0986. The summed E-state index contributed by atoms with van der Waals surface area (Å²) in [6, 6.07) is 48.2. The van der Waals surface area contributed by atoms with Crippen LogP contribution in [0.5, 0.6) is 23.0 Å². The Morgan fingerprint density at radius 1 is 0.256 bits per heavy atom. The third-order valence-corrected chi connectivity index (χ3v) is 39.9. The minimum atomic E-state index is 0. The Kier molecular flexibility index (Phi) is 40.5. The molecule has 0 unspecified atom stereocenters. The van der Waals surface area contributed by atoms with Gasteiger partial charge in [0, 0.05) is 174 Å². The Balaban J connectivity index is 0.000000207. The molecular formula is C109H130O6S18. The van der Waals surface area contributed by atoms with Crippen molar-refractivity contribution in [2.75, 3.05) is 14.2 Å². The van der Waals surface area contributed by atoms with Crippen LogP contribution >= 0.6 is 204 Å². The van der Waals surface area contributed by atoms with Gasteiger partial charge in [-0.2, -0.15) is 0 Å². The van der Waals surface area contributed by atoms with E-state index in [4.69, 9.17) is 18.9 Å².